The second kappa shape index (κ2) is 6.47. The first-order valence-corrected chi connectivity index (χ1v) is 9.31. The molecule has 0 N–H and O–H groups in total. The molecule has 0 saturated heterocycles. The van der Waals surface area contributed by atoms with Crippen molar-refractivity contribution in [3.05, 3.63) is 0 Å². The third kappa shape index (κ3) is 4.46. The van der Waals surface area contributed by atoms with Gasteiger partial charge in [-0.1, -0.05) is 62.4 Å². The normalized spacial score (nSPS) is 34.7. The highest BCUT2D eigenvalue weighted by Crippen LogP contribution is 2.43. The first-order chi connectivity index (χ1) is 8.95. The molecule has 0 heterocycles. The molecule has 1 nitrogen and oxygen atoms in total. The molecule has 0 bridgehead atoms. The van der Waals surface area contributed by atoms with E-state index < -0.39 is 0 Å². The Hall–Kier alpha value is 0.440. The first kappa shape index (κ1) is 15.8. The maximum Gasteiger partial charge on any atom is 0.0782 e. The molecule has 0 aliphatic heterocycles. The Morgan fingerprint density at radius 1 is 1.05 bits per heavy atom. The smallest absolute Gasteiger partial charge is 0.0782 e. The first-order valence-electron chi connectivity index (χ1n) is 8.19. The average molecular weight is 331 g/mol. The standard InChI is InChI=1S/C17H31BrO/c1-14-10-15(12-16(2,3)11-14)19-17(13-18)8-6-4-5-7-9-17/h14-15H,4-13H2,1-3H3. The number of rotatable bonds is 3. The van der Waals surface area contributed by atoms with E-state index in [4.69, 9.17) is 4.74 Å². The van der Waals surface area contributed by atoms with Gasteiger partial charge in [-0.15, -0.1) is 0 Å². The van der Waals surface area contributed by atoms with Crippen LogP contribution in [-0.4, -0.2) is 17.0 Å². The van der Waals surface area contributed by atoms with Crippen molar-refractivity contribution in [2.45, 2.75) is 90.3 Å². The van der Waals surface area contributed by atoms with Gasteiger partial charge >= 0.3 is 0 Å². The van der Waals surface area contributed by atoms with Crippen LogP contribution in [0.25, 0.3) is 0 Å². The van der Waals surface area contributed by atoms with Crippen LogP contribution in [0.1, 0.15) is 78.6 Å². The highest BCUT2D eigenvalue weighted by atomic mass is 79.9. The van der Waals surface area contributed by atoms with E-state index in [2.05, 4.69) is 36.7 Å². The minimum Gasteiger partial charge on any atom is -0.371 e. The average Bonchev–Trinajstić information content (AvgIpc) is 2.52. The summed E-state index contributed by atoms with van der Waals surface area (Å²) in [6.07, 6.45) is 12.3. The van der Waals surface area contributed by atoms with Crippen molar-refractivity contribution >= 4 is 15.9 Å². The lowest BCUT2D eigenvalue weighted by Crippen LogP contribution is -2.42. The van der Waals surface area contributed by atoms with Gasteiger partial charge in [0.15, 0.2) is 0 Å². The molecule has 0 aromatic heterocycles. The summed E-state index contributed by atoms with van der Waals surface area (Å²) in [4.78, 5) is 0. The summed E-state index contributed by atoms with van der Waals surface area (Å²) in [6, 6.07) is 0. The summed E-state index contributed by atoms with van der Waals surface area (Å²) in [7, 11) is 0. The topological polar surface area (TPSA) is 9.23 Å². The van der Waals surface area contributed by atoms with Crippen molar-refractivity contribution in [1.29, 1.82) is 0 Å². The van der Waals surface area contributed by atoms with Gasteiger partial charge in [0.05, 0.1) is 11.7 Å². The van der Waals surface area contributed by atoms with Crippen LogP contribution in [0.5, 0.6) is 0 Å². The molecule has 2 rings (SSSR count). The van der Waals surface area contributed by atoms with Crippen molar-refractivity contribution in [2.75, 3.05) is 5.33 Å². The van der Waals surface area contributed by atoms with Crippen molar-refractivity contribution < 1.29 is 4.74 Å². The van der Waals surface area contributed by atoms with Crippen LogP contribution in [0.3, 0.4) is 0 Å². The van der Waals surface area contributed by atoms with Crippen molar-refractivity contribution in [1.82, 2.24) is 0 Å². The van der Waals surface area contributed by atoms with Crippen LogP contribution in [-0.2, 0) is 4.74 Å². The lowest BCUT2D eigenvalue weighted by molar-refractivity contribution is -0.121. The van der Waals surface area contributed by atoms with Gasteiger partial charge in [-0.3, -0.25) is 0 Å². The molecule has 19 heavy (non-hydrogen) atoms. The van der Waals surface area contributed by atoms with Crippen LogP contribution in [0.4, 0.5) is 0 Å². The van der Waals surface area contributed by atoms with Crippen LogP contribution < -0.4 is 0 Å². The molecule has 2 atom stereocenters. The molecule has 0 radical (unpaired) electrons. The summed E-state index contributed by atoms with van der Waals surface area (Å²) >= 11 is 3.75. The third-order valence-electron chi connectivity index (χ3n) is 5.02. The van der Waals surface area contributed by atoms with Gasteiger partial charge in [0.1, 0.15) is 0 Å². The fourth-order valence-electron chi connectivity index (χ4n) is 4.36. The molecule has 2 aliphatic rings. The molecular weight excluding hydrogens is 300 g/mol. The second-order valence-electron chi connectivity index (χ2n) is 7.88. The SMILES string of the molecule is CC1CC(OC2(CBr)CCCCCC2)CC(C)(C)C1. The lowest BCUT2D eigenvalue weighted by atomic mass is 9.71. The number of hydrogen-bond acceptors (Lipinski definition) is 1. The van der Waals surface area contributed by atoms with E-state index in [1.54, 1.807) is 0 Å². The predicted octanol–water partition coefficient (Wildman–Crippen LogP) is 5.71. The number of halogens is 1. The van der Waals surface area contributed by atoms with Crippen LogP contribution >= 0.6 is 15.9 Å². The Labute approximate surface area is 128 Å². The van der Waals surface area contributed by atoms with Gasteiger partial charge in [-0.05, 0) is 43.4 Å². The Morgan fingerprint density at radius 2 is 1.68 bits per heavy atom. The van der Waals surface area contributed by atoms with Crippen molar-refractivity contribution in [3.63, 3.8) is 0 Å². The predicted molar refractivity (Wildman–Crippen MR) is 85.9 cm³/mol. The van der Waals surface area contributed by atoms with Gasteiger partial charge in [0.25, 0.3) is 0 Å². The highest BCUT2D eigenvalue weighted by Gasteiger charge is 2.38. The maximum absolute atomic E-state index is 6.71. The monoisotopic (exact) mass is 330 g/mol. The van der Waals surface area contributed by atoms with Crippen molar-refractivity contribution in [3.8, 4) is 0 Å². The zero-order valence-corrected chi connectivity index (χ0v) is 14.6. The van der Waals surface area contributed by atoms with Crippen LogP contribution in [0, 0.1) is 11.3 Å². The fraction of sp³-hybridized carbons (Fsp3) is 1.00. The summed E-state index contributed by atoms with van der Waals surface area (Å²) < 4.78 is 6.71. The van der Waals surface area contributed by atoms with Crippen LogP contribution in [0.15, 0.2) is 0 Å². The molecule has 2 saturated carbocycles. The number of alkyl halides is 1. The van der Waals surface area contributed by atoms with Gasteiger partial charge in [-0.2, -0.15) is 0 Å². The summed E-state index contributed by atoms with van der Waals surface area (Å²) in [5.74, 6) is 0.812. The Kier molecular flexibility index (Phi) is 5.39. The zero-order chi connectivity index (χ0) is 13.9. The van der Waals surface area contributed by atoms with E-state index in [0.29, 0.717) is 11.5 Å². The second-order valence-corrected chi connectivity index (χ2v) is 8.44. The van der Waals surface area contributed by atoms with E-state index in [-0.39, 0.29) is 5.60 Å². The summed E-state index contributed by atoms with van der Waals surface area (Å²) in [5.41, 5.74) is 0.592. The molecule has 0 spiro atoms. The summed E-state index contributed by atoms with van der Waals surface area (Å²) in [6.45, 7) is 7.21. The molecular formula is C17H31BrO. The zero-order valence-electron chi connectivity index (χ0n) is 13.0. The third-order valence-corrected chi connectivity index (χ3v) is 6.04. The minimum atomic E-state index is 0.133. The number of hydrogen-bond donors (Lipinski definition) is 0. The fourth-order valence-corrected chi connectivity index (χ4v) is 5.05. The molecule has 2 aliphatic carbocycles. The van der Waals surface area contributed by atoms with E-state index >= 15 is 0 Å². The molecule has 2 heteroatoms. The number of ether oxygens (including phenoxy) is 1. The van der Waals surface area contributed by atoms with Gasteiger partial charge in [0.2, 0.25) is 0 Å². The van der Waals surface area contributed by atoms with E-state index in [0.717, 1.165) is 11.2 Å². The Balaban J connectivity index is 2.00. The largest absolute Gasteiger partial charge is 0.371 e. The Bertz CT molecular complexity index is 279. The van der Waals surface area contributed by atoms with E-state index in [1.807, 2.05) is 0 Å². The molecule has 0 amide bonds. The summed E-state index contributed by atoms with van der Waals surface area (Å²) in [5, 5.41) is 1.02. The molecule has 112 valence electrons. The molecule has 2 unspecified atom stereocenters. The van der Waals surface area contributed by atoms with E-state index in [1.165, 1.54) is 57.8 Å². The van der Waals surface area contributed by atoms with Crippen LogP contribution in [0.2, 0.25) is 0 Å². The highest BCUT2D eigenvalue weighted by molar-refractivity contribution is 9.09. The van der Waals surface area contributed by atoms with Crippen molar-refractivity contribution in [2.24, 2.45) is 11.3 Å². The Morgan fingerprint density at radius 3 is 2.21 bits per heavy atom. The lowest BCUT2D eigenvalue weighted by Gasteiger charge is -2.43. The van der Waals surface area contributed by atoms with Gasteiger partial charge in [0, 0.05) is 5.33 Å². The molecule has 0 aromatic rings. The molecule has 2 fully saturated rings. The minimum absolute atomic E-state index is 0.133. The van der Waals surface area contributed by atoms with Gasteiger partial charge in [-0.25, -0.2) is 0 Å². The molecule has 0 aromatic carbocycles. The van der Waals surface area contributed by atoms with Gasteiger partial charge < -0.3 is 4.74 Å². The quantitative estimate of drug-likeness (QED) is 0.476. The maximum atomic E-state index is 6.71. The van der Waals surface area contributed by atoms with E-state index in [9.17, 15) is 0 Å².